The molecule has 2 aromatic rings. The first kappa shape index (κ1) is 12.5. The number of rotatable bonds is 3. The number of carbonyl (C=O) groups excluding carboxylic acids is 2. The molecule has 2 heterocycles. The molecule has 0 unspecified atom stereocenters. The Bertz CT molecular complexity index is 636. The number of fused-ring (bicyclic) bond motifs is 1. The molecule has 0 saturated heterocycles. The van der Waals surface area contributed by atoms with Crippen molar-refractivity contribution < 1.29 is 14.3 Å². The van der Waals surface area contributed by atoms with E-state index in [1.54, 1.807) is 13.8 Å². The molecule has 2 aromatic heterocycles. The lowest BCUT2D eigenvalue weighted by molar-refractivity contribution is 0.0523. The monoisotopic (exact) mass is 267 g/mol. The Hall–Kier alpha value is -1.95. The molecular formula is C11H10ClN3O3. The van der Waals surface area contributed by atoms with Gasteiger partial charge in [-0.25, -0.2) is 14.3 Å². The van der Waals surface area contributed by atoms with Crippen LogP contribution in [0, 0.1) is 6.92 Å². The summed E-state index contributed by atoms with van der Waals surface area (Å²) in [6, 6.07) is 0. The molecule has 0 radical (unpaired) electrons. The van der Waals surface area contributed by atoms with Crippen molar-refractivity contribution in [3.8, 4) is 0 Å². The van der Waals surface area contributed by atoms with E-state index < -0.39 is 5.97 Å². The highest BCUT2D eigenvalue weighted by Crippen LogP contribution is 2.26. The normalized spacial score (nSPS) is 10.6. The smallest absolute Gasteiger partial charge is 0.340 e. The number of ether oxygens (including phenoxy) is 1. The van der Waals surface area contributed by atoms with Crippen molar-refractivity contribution in [3.05, 3.63) is 28.3 Å². The summed E-state index contributed by atoms with van der Waals surface area (Å²) in [5.74, 6) is -0.571. The van der Waals surface area contributed by atoms with Crippen molar-refractivity contribution in [2.75, 3.05) is 6.61 Å². The van der Waals surface area contributed by atoms with Crippen LogP contribution in [0.5, 0.6) is 0 Å². The van der Waals surface area contributed by atoms with Crippen LogP contribution < -0.4 is 0 Å². The average Bonchev–Trinajstić information content (AvgIpc) is 2.63. The zero-order valence-corrected chi connectivity index (χ0v) is 10.6. The Morgan fingerprint density at radius 2 is 2.33 bits per heavy atom. The second kappa shape index (κ2) is 4.73. The molecule has 0 aliphatic carbocycles. The molecule has 94 valence electrons. The number of hydrogen-bond acceptors (Lipinski definition) is 5. The lowest BCUT2D eigenvalue weighted by Gasteiger charge is -2.00. The van der Waals surface area contributed by atoms with E-state index in [0.29, 0.717) is 17.4 Å². The third kappa shape index (κ3) is 1.74. The van der Waals surface area contributed by atoms with E-state index in [9.17, 15) is 9.59 Å². The Labute approximate surface area is 108 Å². The predicted octanol–water partition coefficient (Wildman–Crippen LogP) is 1.68. The standard InChI is InChI=1S/C11H10ClN3O3/c1-3-18-11(17)8-6(2)9-10(12)13-5-14-15(9)7(8)4-16/h4-5H,3H2,1-2H3. The molecule has 0 aromatic carbocycles. The SMILES string of the molecule is CCOC(=O)c1c(C)c2c(Cl)ncnn2c1C=O. The van der Waals surface area contributed by atoms with Crippen LogP contribution in [0.25, 0.3) is 5.52 Å². The van der Waals surface area contributed by atoms with Gasteiger partial charge in [-0.15, -0.1) is 0 Å². The maximum Gasteiger partial charge on any atom is 0.340 e. The fourth-order valence-corrected chi connectivity index (χ4v) is 2.08. The molecule has 0 bridgehead atoms. The van der Waals surface area contributed by atoms with Crippen LogP contribution >= 0.6 is 11.6 Å². The van der Waals surface area contributed by atoms with Gasteiger partial charge in [0.2, 0.25) is 0 Å². The predicted molar refractivity (Wildman–Crippen MR) is 64.1 cm³/mol. The van der Waals surface area contributed by atoms with Crippen LogP contribution in [-0.2, 0) is 4.74 Å². The summed E-state index contributed by atoms with van der Waals surface area (Å²) in [6.07, 6.45) is 1.77. The van der Waals surface area contributed by atoms with Gasteiger partial charge in [0.25, 0.3) is 0 Å². The Kier molecular flexibility index (Phi) is 3.29. The van der Waals surface area contributed by atoms with Crippen molar-refractivity contribution in [2.45, 2.75) is 13.8 Å². The van der Waals surface area contributed by atoms with Gasteiger partial charge in [0, 0.05) is 0 Å². The lowest BCUT2D eigenvalue weighted by atomic mass is 10.1. The first-order chi connectivity index (χ1) is 8.61. The van der Waals surface area contributed by atoms with Crippen molar-refractivity contribution in [1.82, 2.24) is 14.6 Å². The minimum Gasteiger partial charge on any atom is -0.462 e. The van der Waals surface area contributed by atoms with Crippen LogP contribution in [0.3, 0.4) is 0 Å². The fourth-order valence-electron chi connectivity index (χ4n) is 1.82. The summed E-state index contributed by atoms with van der Waals surface area (Å²) in [6.45, 7) is 3.59. The summed E-state index contributed by atoms with van der Waals surface area (Å²) in [5, 5.41) is 4.10. The summed E-state index contributed by atoms with van der Waals surface area (Å²) >= 11 is 5.95. The number of nitrogens with zero attached hydrogens (tertiary/aromatic N) is 3. The molecule has 0 N–H and O–H groups in total. The average molecular weight is 268 g/mol. The third-order valence-corrected chi connectivity index (χ3v) is 2.83. The van der Waals surface area contributed by atoms with Crippen molar-refractivity contribution >= 4 is 29.4 Å². The molecule has 18 heavy (non-hydrogen) atoms. The molecule has 0 aliphatic heterocycles. The Morgan fingerprint density at radius 1 is 1.61 bits per heavy atom. The number of aldehydes is 1. The second-order valence-corrected chi connectivity index (χ2v) is 3.89. The summed E-state index contributed by atoms with van der Waals surface area (Å²) in [4.78, 5) is 26.8. The van der Waals surface area contributed by atoms with Crippen LogP contribution in [0.2, 0.25) is 5.15 Å². The van der Waals surface area contributed by atoms with Crippen LogP contribution in [-0.4, -0.2) is 33.5 Å². The molecule has 0 amide bonds. The van der Waals surface area contributed by atoms with E-state index in [-0.39, 0.29) is 23.0 Å². The van der Waals surface area contributed by atoms with Gasteiger partial charge in [-0.1, -0.05) is 11.6 Å². The van der Waals surface area contributed by atoms with Gasteiger partial charge in [-0.2, -0.15) is 5.10 Å². The highest BCUT2D eigenvalue weighted by atomic mass is 35.5. The molecule has 0 spiro atoms. The number of halogens is 1. The molecule has 6 nitrogen and oxygen atoms in total. The van der Waals surface area contributed by atoms with Crippen molar-refractivity contribution in [1.29, 1.82) is 0 Å². The van der Waals surface area contributed by atoms with Gasteiger partial charge in [-0.3, -0.25) is 4.79 Å². The largest absolute Gasteiger partial charge is 0.462 e. The van der Waals surface area contributed by atoms with E-state index in [4.69, 9.17) is 16.3 Å². The highest BCUT2D eigenvalue weighted by molar-refractivity contribution is 6.33. The maximum atomic E-state index is 11.8. The number of esters is 1. The zero-order valence-electron chi connectivity index (χ0n) is 9.81. The van der Waals surface area contributed by atoms with E-state index >= 15 is 0 Å². The van der Waals surface area contributed by atoms with E-state index in [2.05, 4.69) is 10.1 Å². The van der Waals surface area contributed by atoms with E-state index in [0.717, 1.165) is 0 Å². The molecule has 0 saturated carbocycles. The zero-order chi connectivity index (χ0) is 13.3. The molecule has 0 atom stereocenters. The van der Waals surface area contributed by atoms with Crippen molar-refractivity contribution in [2.24, 2.45) is 0 Å². The van der Waals surface area contributed by atoms with Crippen LogP contribution in [0.4, 0.5) is 0 Å². The molecular weight excluding hydrogens is 258 g/mol. The van der Waals surface area contributed by atoms with Gasteiger partial charge in [0.05, 0.1) is 12.2 Å². The maximum absolute atomic E-state index is 11.8. The van der Waals surface area contributed by atoms with Gasteiger partial charge < -0.3 is 4.74 Å². The van der Waals surface area contributed by atoms with Crippen LogP contribution in [0.15, 0.2) is 6.33 Å². The first-order valence-electron chi connectivity index (χ1n) is 5.25. The second-order valence-electron chi connectivity index (χ2n) is 3.53. The van der Waals surface area contributed by atoms with Crippen LogP contribution in [0.1, 0.15) is 33.3 Å². The molecule has 2 rings (SSSR count). The summed E-state index contributed by atoms with van der Waals surface area (Å²) in [7, 11) is 0. The molecule has 0 aliphatic rings. The quantitative estimate of drug-likeness (QED) is 0.625. The highest BCUT2D eigenvalue weighted by Gasteiger charge is 2.24. The van der Waals surface area contributed by atoms with Crippen molar-refractivity contribution in [3.63, 3.8) is 0 Å². The number of aromatic nitrogens is 3. The lowest BCUT2D eigenvalue weighted by Crippen LogP contribution is -2.08. The van der Waals surface area contributed by atoms with Gasteiger partial charge in [0.1, 0.15) is 17.5 Å². The summed E-state index contributed by atoms with van der Waals surface area (Å²) < 4.78 is 6.21. The third-order valence-electron chi connectivity index (χ3n) is 2.55. The molecule has 0 fully saturated rings. The Morgan fingerprint density at radius 3 is 2.94 bits per heavy atom. The van der Waals surface area contributed by atoms with E-state index in [1.807, 2.05) is 0 Å². The fraction of sp³-hybridized carbons (Fsp3) is 0.273. The minimum atomic E-state index is -0.571. The molecule has 7 heteroatoms. The Balaban J connectivity index is 2.81. The first-order valence-corrected chi connectivity index (χ1v) is 5.63. The summed E-state index contributed by atoms with van der Waals surface area (Å²) in [5.41, 5.74) is 1.25. The minimum absolute atomic E-state index is 0.116. The van der Waals surface area contributed by atoms with Gasteiger partial charge in [-0.05, 0) is 19.4 Å². The van der Waals surface area contributed by atoms with Gasteiger partial charge in [0.15, 0.2) is 11.4 Å². The number of aryl methyl sites for hydroxylation is 1. The topological polar surface area (TPSA) is 73.6 Å². The van der Waals surface area contributed by atoms with E-state index in [1.165, 1.54) is 10.8 Å². The van der Waals surface area contributed by atoms with Gasteiger partial charge >= 0.3 is 5.97 Å². The number of carbonyl (C=O) groups is 2. The number of hydrogen-bond donors (Lipinski definition) is 0.